The number of esters is 1. The number of ether oxygens (including phenoxy) is 1. The molecule has 0 aliphatic carbocycles. The highest BCUT2D eigenvalue weighted by Crippen LogP contribution is 2.22. The average Bonchev–Trinajstić information content (AvgIpc) is 3.02. The lowest BCUT2D eigenvalue weighted by atomic mass is 10.0. The summed E-state index contributed by atoms with van der Waals surface area (Å²) in [6.45, 7) is 5.98. The van der Waals surface area contributed by atoms with Gasteiger partial charge in [-0.2, -0.15) is 8.42 Å². The highest BCUT2D eigenvalue weighted by molar-refractivity contribution is 7.85. The zero-order valence-corrected chi connectivity index (χ0v) is 29.2. The van der Waals surface area contributed by atoms with Gasteiger partial charge in [0.05, 0.1) is 11.3 Å². The minimum Gasteiger partial charge on any atom is -0.452 e. The van der Waals surface area contributed by atoms with Gasteiger partial charge in [0.25, 0.3) is 16.0 Å². The summed E-state index contributed by atoms with van der Waals surface area (Å²) < 4.78 is 37.5. The maximum absolute atomic E-state index is 13.5. The van der Waals surface area contributed by atoms with Gasteiger partial charge in [-0.15, -0.1) is 0 Å². The molecular formula is C35H42ClN3O8S. The monoisotopic (exact) mass is 699 g/mol. The average molecular weight is 700 g/mol. The Balaban J connectivity index is 1.54. The Bertz CT molecular complexity index is 1850. The number of hydrogen-bond acceptors (Lipinski definition) is 7. The molecule has 0 fully saturated rings. The van der Waals surface area contributed by atoms with Crippen LogP contribution in [0.5, 0.6) is 0 Å². The van der Waals surface area contributed by atoms with Gasteiger partial charge in [-0.1, -0.05) is 48.4 Å². The van der Waals surface area contributed by atoms with Crippen LogP contribution in [0.4, 0.5) is 0 Å². The van der Waals surface area contributed by atoms with Gasteiger partial charge in [0, 0.05) is 60.7 Å². The molecule has 48 heavy (non-hydrogen) atoms. The fraction of sp³-hybridized carbons (Fsp3) is 0.429. The molecule has 0 atom stereocenters. The Morgan fingerprint density at radius 2 is 1.69 bits per heavy atom. The van der Waals surface area contributed by atoms with E-state index in [1.165, 1.54) is 11.9 Å². The normalized spacial score (nSPS) is 11.5. The molecule has 0 radical (unpaired) electrons. The highest BCUT2D eigenvalue weighted by atomic mass is 35.5. The predicted octanol–water partition coefficient (Wildman–Crippen LogP) is 4.92. The number of nitrogens with one attached hydrogen (secondary N) is 1. The highest BCUT2D eigenvalue weighted by Gasteiger charge is 2.21. The van der Waals surface area contributed by atoms with Crippen molar-refractivity contribution < 1.29 is 32.1 Å². The maximum atomic E-state index is 13.5. The van der Waals surface area contributed by atoms with E-state index in [2.05, 4.69) is 17.2 Å². The van der Waals surface area contributed by atoms with E-state index in [4.69, 9.17) is 20.9 Å². The van der Waals surface area contributed by atoms with Gasteiger partial charge in [-0.25, -0.2) is 0 Å². The topological polar surface area (TPSA) is 152 Å². The van der Waals surface area contributed by atoms with Crippen LogP contribution < -0.4 is 10.7 Å². The van der Waals surface area contributed by atoms with Crippen LogP contribution >= 0.6 is 11.6 Å². The molecule has 2 N–H and O–H groups in total. The van der Waals surface area contributed by atoms with Crippen LogP contribution in [0, 0.1) is 11.8 Å². The molecule has 2 aromatic carbocycles. The Labute approximate surface area is 286 Å². The second-order valence-electron chi connectivity index (χ2n) is 12.4. The molecule has 0 saturated carbocycles. The zero-order valence-electron chi connectivity index (χ0n) is 27.7. The van der Waals surface area contributed by atoms with Gasteiger partial charge in [0.15, 0.2) is 6.61 Å². The van der Waals surface area contributed by atoms with Crippen molar-refractivity contribution >= 4 is 50.4 Å². The molecule has 3 rings (SSSR count). The lowest BCUT2D eigenvalue weighted by molar-refractivity contribution is -0.142. The van der Waals surface area contributed by atoms with Crippen molar-refractivity contribution in [1.82, 2.24) is 14.8 Å². The van der Waals surface area contributed by atoms with E-state index in [-0.39, 0.29) is 44.0 Å². The minimum absolute atomic E-state index is 0.0139. The Morgan fingerprint density at radius 3 is 2.33 bits per heavy atom. The summed E-state index contributed by atoms with van der Waals surface area (Å²) in [5.41, 5.74) is 1.21. The number of unbranched alkanes of at least 4 members (excludes halogenated alkanes) is 3. The summed E-state index contributed by atoms with van der Waals surface area (Å²) in [5, 5.41) is 3.75. The molecular weight excluding hydrogens is 658 g/mol. The predicted molar refractivity (Wildman–Crippen MR) is 185 cm³/mol. The van der Waals surface area contributed by atoms with Crippen molar-refractivity contribution in [3.8, 4) is 11.8 Å². The van der Waals surface area contributed by atoms with Crippen LogP contribution in [0.3, 0.4) is 0 Å². The smallest absolute Gasteiger partial charge is 0.306 e. The van der Waals surface area contributed by atoms with E-state index in [0.717, 1.165) is 12.0 Å². The number of benzene rings is 2. The fourth-order valence-electron chi connectivity index (χ4n) is 4.80. The third-order valence-corrected chi connectivity index (χ3v) is 8.46. The number of hydrogen-bond donors (Lipinski definition) is 2. The number of rotatable bonds is 14. The van der Waals surface area contributed by atoms with E-state index >= 15 is 0 Å². The van der Waals surface area contributed by atoms with E-state index < -0.39 is 38.7 Å². The second-order valence-corrected chi connectivity index (χ2v) is 14.4. The summed E-state index contributed by atoms with van der Waals surface area (Å²) in [4.78, 5) is 52.1. The lowest BCUT2D eigenvalue weighted by Crippen LogP contribution is -2.32. The van der Waals surface area contributed by atoms with Crippen LogP contribution in [-0.2, 0) is 36.5 Å². The summed E-state index contributed by atoms with van der Waals surface area (Å²) in [5.74, 6) is 4.13. The molecule has 0 saturated heterocycles. The van der Waals surface area contributed by atoms with Crippen molar-refractivity contribution in [2.45, 2.75) is 71.4 Å². The molecule has 11 nitrogen and oxygen atoms in total. The van der Waals surface area contributed by atoms with Crippen LogP contribution in [-0.4, -0.2) is 66.2 Å². The van der Waals surface area contributed by atoms with Gasteiger partial charge < -0.3 is 19.5 Å². The summed E-state index contributed by atoms with van der Waals surface area (Å²) in [6.07, 6.45) is 4.65. The van der Waals surface area contributed by atoms with Gasteiger partial charge in [-0.05, 0) is 69.5 Å². The molecule has 0 spiro atoms. The maximum Gasteiger partial charge on any atom is 0.306 e. The van der Waals surface area contributed by atoms with Crippen LogP contribution in [0.2, 0.25) is 5.02 Å². The van der Waals surface area contributed by atoms with Gasteiger partial charge in [0.2, 0.25) is 11.3 Å². The number of carbonyl (C=O) groups excluding carboxylic acids is 3. The molecule has 1 heterocycles. The molecule has 1 aromatic heterocycles. The first-order valence-electron chi connectivity index (χ1n) is 15.6. The Kier molecular flexibility index (Phi) is 13.8. The van der Waals surface area contributed by atoms with Crippen molar-refractivity contribution in [3.05, 3.63) is 80.6 Å². The van der Waals surface area contributed by atoms with Gasteiger partial charge in [-0.3, -0.25) is 23.7 Å². The third-order valence-electron chi connectivity index (χ3n) is 7.51. The molecule has 2 amide bonds. The number of nitrogens with zero attached hydrogens (tertiary/aromatic N) is 2. The van der Waals surface area contributed by atoms with Gasteiger partial charge >= 0.3 is 5.97 Å². The summed E-state index contributed by atoms with van der Waals surface area (Å²) in [7, 11) is -2.63. The van der Waals surface area contributed by atoms with E-state index in [1.807, 2.05) is 25.3 Å². The number of aromatic nitrogens is 1. The number of carbonyl (C=O) groups is 3. The first kappa shape index (κ1) is 38.3. The Hall–Kier alpha value is -4.18. The molecule has 3 aromatic rings. The van der Waals surface area contributed by atoms with Gasteiger partial charge in [0.1, 0.15) is 5.56 Å². The molecule has 13 heteroatoms. The van der Waals surface area contributed by atoms with E-state index in [1.54, 1.807) is 48.7 Å². The van der Waals surface area contributed by atoms with Crippen molar-refractivity contribution in [2.75, 3.05) is 26.0 Å². The molecule has 0 bridgehead atoms. The molecule has 0 unspecified atom stereocenters. The largest absolute Gasteiger partial charge is 0.452 e. The van der Waals surface area contributed by atoms with E-state index in [0.29, 0.717) is 40.8 Å². The third kappa shape index (κ3) is 12.1. The van der Waals surface area contributed by atoms with Crippen molar-refractivity contribution in [1.29, 1.82) is 0 Å². The standard InChI is InChI=1S/C35H42ClN3O8S/c1-35(2,3)39-24-29(34(43)37-23-26-13-16-27(36)17-14-26)33(42)28-22-25(15-18-30(28)39)10-9-20-47-32(41)12-8-6-5-7-11-31(40)38(4)19-21-48(44,45)46/h13-18,22,24H,5-8,11-12,19-21,23H2,1-4H3,(H,37,43)(H,44,45,46). The number of pyridine rings is 1. The first-order chi connectivity index (χ1) is 22.5. The van der Waals surface area contributed by atoms with Crippen LogP contribution in [0.25, 0.3) is 10.9 Å². The quantitative estimate of drug-likeness (QED) is 0.104. The number of fused-ring (bicyclic) bond motifs is 1. The molecule has 0 aliphatic heterocycles. The summed E-state index contributed by atoms with van der Waals surface area (Å²) in [6, 6.07) is 12.3. The van der Waals surface area contributed by atoms with Crippen molar-refractivity contribution in [2.24, 2.45) is 0 Å². The van der Waals surface area contributed by atoms with E-state index in [9.17, 15) is 27.6 Å². The lowest BCUT2D eigenvalue weighted by Gasteiger charge is -2.26. The van der Waals surface area contributed by atoms with Crippen LogP contribution in [0.15, 0.2) is 53.5 Å². The van der Waals surface area contributed by atoms with Crippen molar-refractivity contribution in [3.63, 3.8) is 0 Å². The Morgan fingerprint density at radius 1 is 1.02 bits per heavy atom. The second kappa shape index (κ2) is 17.3. The summed E-state index contributed by atoms with van der Waals surface area (Å²) >= 11 is 5.95. The zero-order chi connectivity index (χ0) is 35.5. The molecule has 258 valence electrons. The fourth-order valence-corrected chi connectivity index (χ4v) is 5.43. The molecule has 0 aliphatic rings. The minimum atomic E-state index is -4.12. The van der Waals surface area contributed by atoms with Crippen LogP contribution in [0.1, 0.15) is 80.8 Å². The first-order valence-corrected chi connectivity index (χ1v) is 17.6. The number of halogens is 1. The number of amides is 2. The SMILES string of the molecule is CN(CCS(=O)(=O)O)C(=O)CCCCCCC(=O)OCC#Cc1ccc2c(c1)c(=O)c(C(=O)NCc1ccc(Cl)cc1)cn2C(C)(C)C.